The van der Waals surface area contributed by atoms with Gasteiger partial charge in [0.05, 0.1) is 0 Å². The highest BCUT2D eigenvalue weighted by atomic mass is 16.5. The van der Waals surface area contributed by atoms with Crippen molar-refractivity contribution in [3.63, 3.8) is 0 Å². The van der Waals surface area contributed by atoms with E-state index in [9.17, 15) is 0 Å². The summed E-state index contributed by atoms with van der Waals surface area (Å²) < 4.78 is 5.55. The van der Waals surface area contributed by atoms with Crippen molar-refractivity contribution in [1.82, 2.24) is 15.0 Å². The molecule has 128 valence electrons. The summed E-state index contributed by atoms with van der Waals surface area (Å²) in [7, 11) is 0. The van der Waals surface area contributed by atoms with Crippen LogP contribution in [-0.4, -0.2) is 28.1 Å². The summed E-state index contributed by atoms with van der Waals surface area (Å²) in [6, 6.07) is 18.8. The van der Waals surface area contributed by atoms with Gasteiger partial charge in [0.15, 0.2) is 0 Å². The normalized spacial score (nSPS) is 16.2. The zero-order chi connectivity index (χ0) is 17.1. The summed E-state index contributed by atoms with van der Waals surface area (Å²) in [5.41, 5.74) is 3.70. The molecule has 0 bridgehead atoms. The van der Waals surface area contributed by atoms with Crippen LogP contribution >= 0.6 is 0 Å². The van der Waals surface area contributed by atoms with Crippen molar-refractivity contribution < 1.29 is 4.52 Å². The summed E-state index contributed by atoms with van der Waals surface area (Å²) in [6.45, 7) is 5.29. The standard InChI is InChI=1S/C21H23N3O/c1-16-7-9-17(10-8-16)15-24-13-11-19(12-14-24)21-22-20(23-25-21)18-5-3-2-4-6-18/h2-10,19H,11-15H2,1H3. The number of likely N-dealkylation sites (tertiary alicyclic amines) is 1. The molecule has 0 spiro atoms. The molecule has 0 radical (unpaired) electrons. The van der Waals surface area contributed by atoms with Gasteiger partial charge < -0.3 is 4.52 Å². The molecule has 1 fully saturated rings. The second kappa shape index (κ2) is 7.19. The quantitative estimate of drug-likeness (QED) is 0.708. The molecular weight excluding hydrogens is 310 g/mol. The highest BCUT2D eigenvalue weighted by molar-refractivity contribution is 5.53. The Bertz CT molecular complexity index is 803. The van der Waals surface area contributed by atoms with Crippen LogP contribution in [0, 0.1) is 6.92 Å². The lowest BCUT2D eigenvalue weighted by Crippen LogP contribution is -2.32. The monoisotopic (exact) mass is 333 g/mol. The van der Waals surface area contributed by atoms with Gasteiger partial charge in [0, 0.05) is 18.0 Å². The molecule has 1 aliphatic heterocycles. The zero-order valence-electron chi connectivity index (χ0n) is 14.6. The van der Waals surface area contributed by atoms with E-state index < -0.39 is 0 Å². The minimum Gasteiger partial charge on any atom is -0.339 e. The second-order valence-electron chi connectivity index (χ2n) is 6.86. The number of hydrogen-bond acceptors (Lipinski definition) is 4. The summed E-state index contributed by atoms with van der Waals surface area (Å²) >= 11 is 0. The lowest BCUT2D eigenvalue weighted by molar-refractivity contribution is 0.187. The van der Waals surface area contributed by atoms with Gasteiger partial charge in [-0.2, -0.15) is 4.98 Å². The van der Waals surface area contributed by atoms with Crippen molar-refractivity contribution >= 4 is 0 Å². The molecule has 3 aromatic rings. The second-order valence-corrected chi connectivity index (χ2v) is 6.86. The van der Waals surface area contributed by atoms with Gasteiger partial charge in [-0.25, -0.2) is 0 Å². The fourth-order valence-electron chi connectivity index (χ4n) is 3.40. The molecular formula is C21H23N3O. The van der Waals surface area contributed by atoms with Crippen LogP contribution in [0.15, 0.2) is 59.1 Å². The molecule has 0 atom stereocenters. The molecule has 4 nitrogen and oxygen atoms in total. The van der Waals surface area contributed by atoms with E-state index in [-0.39, 0.29) is 0 Å². The first-order chi connectivity index (χ1) is 12.3. The van der Waals surface area contributed by atoms with Crippen molar-refractivity contribution in [2.24, 2.45) is 0 Å². The first-order valence-electron chi connectivity index (χ1n) is 8.95. The number of hydrogen-bond donors (Lipinski definition) is 0. The van der Waals surface area contributed by atoms with E-state index in [1.807, 2.05) is 30.3 Å². The van der Waals surface area contributed by atoms with E-state index in [1.54, 1.807) is 0 Å². The molecule has 1 saturated heterocycles. The van der Waals surface area contributed by atoms with Gasteiger partial charge >= 0.3 is 0 Å². The number of piperidine rings is 1. The van der Waals surface area contributed by atoms with Crippen LogP contribution in [0.3, 0.4) is 0 Å². The van der Waals surface area contributed by atoms with E-state index in [1.165, 1.54) is 11.1 Å². The Kier molecular flexibility index (Phi) is 4.61. The van der Waals surface area contributed by atoms with E-state index >= 15 is 0 Å². The molecule has 0 amide bonds. The van der Waals surface area contributed by atoms with E-state index in [0.29, 0.717) is 11.7 Å². The molecule has 0 unspecified atom stereocenters. The molecule has 25 heavy (non-hydrogen) atoms. The Morgan fingerprint density at radius 1 is 1.00 bits per heavy atom. The van der Waals surface area contributed by atoms with E-state index in [0.717, 1.165) is 43.9 Å². The summed E-state index contributed by atoms with van der Waals surface area (Å²) in [5.74, 6) is 1.85. The minimum atomic E-state index is 0.374. The van der Waals surface area contributed by atoms with Gasteiger partial charge in [-0.1, -0.05) is 65.3 Å². The third-order valence-corrected chi connectivity index (χ3v) is 4.94. The van der Waals surface area contributed by atoms with Crippen LogP contribution in [0.4, 0.5) is 0 Å². The fourth-order valence-corrected chi connectivity index (χ4v) is 3.40. The highest BCUT2D eigenvalue weighted by Crippen LogP contribution is 2.29. The Labute approximate surface area is 148 Å². The Morgan fingerprint density at radius 3 is 2.44 bits per heavy atom. The predicted octanol–water partition coefficient (Wildman–Crippen LogP) is 4.42. The van der Waals surface area contributed by atoms with Gasteiger partial charge in [-0.05, 0) is 38.4 Å². The average Bonchev–Trinajstić information content (AvgIpc) is 3.15. The topological polar surface area (TPSA) is 42.2 Å². The number of aryl methyl sites for hydroxylation is 1. The highest BCUT2D eigenvalue weighted by Gasteiger charge is 2.25. The number of aromatic nitrogens is 2. The number of rotatable bonds is 4. The summed E-state index contributed by atoms with van der Waals surface area (Å²) in [6.07, 6.45) is 2.14. The molecule has 0 aliphatic carbocycles. The van der Waals surface area contributed by atoms with Crippen LogP contribution < -0.4 is 0 Å². The molecule has 1 aliphatic rings. The average molecular weight is 333 g/mol. The van der Waals surface area contributed by atoms with Crippen LogP contribution in [0.5, 0.6) is 0 Å². The van der Waals surface area contributed by atoms with E-state index in [2.05, 4.69) is 46.2 Å². The van der Waals surface area contributed by atoms with Gasteiger partial charge in [-0.15, -0.1) is 0 Å². The van der Waals surface area contributed by atoms with Crippen molar-refractivity contribution in [2.45, 2.75) is 32.2 Å². The maximum atomic E-state index is 5.55. The third kappa shape index (κ3) is 3.80. The Balaban J connectivity index is 1.36. The molecule has 4 heteroatoms. The number of benzene rings is 2. The van der Waals surface area contributed by atoms with Gasteiger partial charge in [-0.3, -0.25) is 4.90 Å². The van der Waals surface area contributed by atoms with Crippen LogP contribution in [0.25, 0.3) is 11.4 Å². The SMILES string of the molecule is Cc1ccc(CN2CCC(c3nc(-c4ccccc4)no3)CC2)cc1. The van der Waals surface area contributed by atoms with Gasteiger partial charge in [0.1, 0.15) is 0 Å². The molecule has 0 N–H and O–H groups in total. The summed E-state index contributed by atoms with van der Waals surface area (Å²) in [5, 5.41) is 4.16. The zero-order valence-corrected chi connectivity index (χ0v) is 14.6. The molecule has 4 rings (SSSR count). The smallest absolute Gasteiger partial charge is 0.230 e. The summed E-state index contributed by atoms with van der Waals surface area (Å²) in [4.78, 5) is 7.14. The van der Waals surface area contributed by atoms with Crippen molar-refractivity contribution in [3.8, 4) is 11.4 Å². The van der Waals surface area contributed by atoms with Gasteiger partial charge in [0.2, 0.25) is 11.7 Å². The fraction of sp³-hybridized carbons (Fsp3) is 0.333. The van der Waals surface area contributed by atoms with Crippen LogP contribution in [-0.2, 0) is 6.54 Å². The van der Waals surface area contributed by atoms with Crippen molar-refractivity contribution in [3.05, 3.63) is 71.6 Å². The largest absolute Gasteiger partial charge is 0.339 e. The molecule has 0 saturated carbocycles. The minimum absolute atomic E-state index is 0.374. The van der Waals surface area contributed by atoms with Crippen LogP contribution in [0.2, 0.25) is 0 Å². The maximum Gasteiger partial charge on any atom is 0.230 e. The lowest BCUT2D eigenvalue weighted by Gasteiger charge is -2.30. The van der Waals surface area contributed by atoms with Crippen molar-refractivity contribution in [2.75, 3.05) is 13.1 Å². The first-order valence-corrected chi connectivity index (χ1v) is 8.95. The Morgan fingerprint density at radius 2 is 1.72 bits per heavy atom. The molecule has 2 aromatic carbocycles. The first kappa shape index (κ1) is 16.0. The Hall–Kier alpha value is -2.46. The number of nitrogens with zero attached hydrogens (tertiary/aromatic N) is 3. The maximum absolute atomic E-state index is 5.55. The third-order valence-electron chi connectivity index (χ3n) is 4.94. The van der Waals surface area contributed by atoms with E-state index in [4.69, 9.17) is 4.52 Å². The van der Waals surface area contributed by atoms with Crippen LogP contribution in [0.1, 0.15) is 35.8 Å². The van der Waals surface area contributed by atoms with Gasteiger partial charge in [0.25, 0.3) is 0 Å². The lowest BCUT2D eigenvalue weighted by atomic mass is 9.96. The predicted molar refractivity (Wildman–Crippen MR) is 98.2 cm³/mol. The molecule has 2 heterocycles. The molecule has 1 aromatic heterocycles. The van der Waals surface area contributed by atoms with Crippen molar-refractivity contribution in [1.29, 1.82) is 0 Å².